The van der Waals surface area contributed by atoms with E-state index in [0.717, 1.165) is 5.69 Å². The molecule has 0 N–H and O–H groups in total. The van der Waals surface area contributed by atoms with Crippen LogP contribution in [0.2, 0.25) is 0 Å². The van der Waals surface area contributed by atoms with Gasteiger partial charge in [-0.25, -0.2) is 0 Å². The minimum Gasteiger partial charge on any atom is -0.429 e. The monoisotopic (exact) mass is 200 g/mol. The molecule has 0 saturated heterocycles. The van der Waals surface area contributed by atoms with Crippen LogP contribution in [0.15, 0.2) is 39.7 Å². The van der Waals surface area contributed by atoms with E-state index in [0.29, 0.717) is 5.88 Å². The van der Waals surface area contributed by atoms with Crippen LogP contribution in [0.5, 0.6) is 0 Å². The number of aryl methyl sites for hydroxylation is 1. The fourth-order valence-corrected chi connectivity index (χ4v) is 1.35. The van der Waals surface area contributed by atoms with Crippen LogP contribution in [-0.2, 0) is 0 Å². The first-order chi connectivity index (χ1) is 7.20. The lowest BCUT2D eigenvalue weighted by Gasteiger charge is -2.05. The lowest BCUT2D eigenvalue weighted by atomic mass is 10.3. The third-order valence-corrected chi connectivity index (χ3v) is 2.06. The molecule has 0 saturated carbocycles. The molecule has 2 rings (SSSR count). The van der Waals surface area contributed by atoms with Gasteiger partial charge in [-0.3, -0.25) is 9.36 Å². The quantitative estimate of drug-likeness (QED) is 0.702. The predicted octanol–water partition coefficient (Wildman–Crippen LogP) is 1.61. The van der Waals surface area contributed by atoms with E-state index in [1.54, 1.807) is 29.8 Å². The maximum absolute atomic E-state index is 11.0. The van der Waals surface area contributed by atoms with Crippen LogP contribution in [0.1, 0.15) is 11.5 Å². The Hall–Kier alpha value is -2.28. The van der Waals surface area contributed by atoms with Gasteiger partial charge in [0.1, 0.15) is 6.07 Å². The second-order valence-electron chi connectivity index (χ2n) is 3.12. The van der Waals surface area contributed by atoms with E-state index in [4.69, 9.17) is 9.68 Å². The molecule has 0 unspecified atom stereocenters. The Morgan fingerprint density at radius 3 is 2.80 bits per heavy atom. The predicted molar refractivity (Wildman–Crippen MR) is 53.8 cm³/mol. The Labute approximate surface area is 86.0 Å². The van der Waals surface area contributed by atoms with E-state index in [-0.39, 0.29) is 11.2 Å². The molecule has 15 heavy (non-hydrogen) atoms. The molecule has 0 atom stereocenters. The summed E-state index contributed by atoms with van der Waals surface area (Å²) in [6, 6.07) is 8.14. The first-order valence-electron chi connectivity index (χ1n) is 4.40. The van der Waals surface area contributed by atoms with Gasteiger partial charge in [0.2, 0.25) is 11.6 Å². The van der Waals surface area contributed by atoms with Crippen molar-refractivity contribution >= 4 is 0 Å². The molecule has 0 aliphatic carbocycles. The maximum atomic E-state index is 11.0. The van der Waals surface area contributed by atoms with E-state index in [1.807, 2.05) is 6.07 Å². The van der Waals surface area contributed by atoms with Gasteiger partial charge < -0.3 is 4.42 Å². The summed E-state index contributed by atoms with van der Waals surface area (Å²) < 4.78 is 6.95. The van der Waals surface area contributed by atoms with Gasteiger partial charge in [-0.2, -0.15) is 5.26 Å². The van der Waals surface area contributed by atoms with Crippen LogP contribution in [0.4, 0.5) is 0 Å². The van der Waals surface area contributed by atoms with Crippen LogP contribution in [0.3, 0.4) is 0 Å². The Bertz CT molecular complexity index is 587. The van der Waals surface area contributed by atoms with Crippen molar-refractivity contribution in [3.8, 4) is 12.0 Å². The van der Waals surface area contributed by atoms with Gasteiger partial charge in [-0.05, 0) is 13.0 Å². The molecule has 0 radical (unpaired) electrons. The number of hydrogen-bond acceptors (Lipinski definition) is 3. The van der Waals surface area contributed by atoms with Gasteiger partial charge in [-0.15, -0.1) is 0 Å². The van der Waals surface area contributed by atoms with Gasteiger partial charge in [0.25, 0.3) is 0 Å². The molecule has 4 heteroatoms. The summed E-state index contributed by atoms with van der Waals surface area (Å²) in [7, 11) is 0. The minimum absolute atomic E-state index is 0.0455. The molecule has 0 aromatic carbocycles. The van der Waals surface area contributed by atoms with Crippen LogP contribution >= 0.6 is 0 Å². The maximum Gasteiger partial charge on any atom is 0.206 e. The number of nitrogens with zero attached hydrogens (tertiary/aromatic N) is 2. The zero-order chi connectivity index (χ0) is 10.8. The Balaban J connectivity index is 2.55. The van der Waals surface area contributed by atoms with Crippen molar-refractivity contribution in [1.29, 1.82) is 5.26 Å². The highest BCUT2D eigenvalue weighted by Crippen LogP contribution is 2.13. The normalized spacial score (nSPS) is 9.87. The Kier molecular flexibility index (Phi) is 2.14. The number of rotatable bonds is 1. The zero-order valence-corrected chi connectivity index (χ0v) is 8.10. The van der Waals surface area contributed by atoms with Crippen molar-refractivity contribution in [2.75, 3.05) is 0 Å². The largest absolute Gasteiger partial charge is 0.429 e. The topological polar surface area (TPSA) is 58.9 Å². The molecule has 2 heterocycles. The second kappa shape index (κ2) is 3.46. The van der Waals surface area contributed by atoms with Crippen molar-refractivity contribution < 1.29 is 4.42 Å². The SMILES string of the molecule is Cc1cc(=O)ccn1-c1ccc(C#N)o1. The van der Waals surface area contributed by atoms with Crippen LogP contribution < -0.4 is 5.43 Å². The molecular weight excluding hydrogens is 192 g/mol. The molecule has 0 bridgehead atoms. The number of furan rings is 1. The lowest BCUT2D eigenvalue weighted by molar-refractivity contribution is 0.522. The summed E-state index contributed by atoms with van der Waals surface area (Å²) in [4.78, 5) is 11.0. The average Bonchev–Trinajstić information content (AvgIpc) is 2.66. The van der Waals surface area contributed by atoms with Crippen LogP contribution in [0, 0.1) is 18.3 Å². The van der Waals surface area contributed by atoms with E-state index >= 15 is 0 Å². The smallest absolute Gasteiger partial charge is 0.206 e. The molecule has 0 spiro atoms. The van der Waals surface area contributed by atoms with Crippen molar-refractivity contribution in [1.82, 2.24) is 4.57 Å². The molecule has 2 aromatic rings. The number of aromatic nitrogens is 1. The number of pyridine rings is 1. The molecule has 0 amide bonds. The Morgan fingerprint density at radius 2 is 2.20 bits per heavy atom. The number of hydrogen-bond donors (Lipinski definition) is 0. The Morgan fingerprint density at radius 1 is 1.40 bits per heavy atom. The summed E-state index contributed by atoms with van der Waals surface area (Å²) in [5.74, 6) is 0.784. The van der Waals surface area contributed by atoms with Crippen molar-refractivity contribution in [3.05, 3.63) is 52.1 Å². The zero-order valence-electron chi connectivity index (χ0n) is 8.10. The molecule has 74 valence electrons. The fraction of sp³-hybridized carbons (Fsp3) is 0.0909. The molecule has 0 aliphatic rings. The van der Waals surface area contributed by atoms with Crippen molar-refractivity contribution in [2.24, 2.45) is 0 Å². The molecule has 2 aromatic heterocycles. The first-order valence-corrected chi connectivity index (χ1v) is 4.40. The summed E-state index contributed by atoms with van der Waals surface area (Å²) in [6.45, 7) is 1.80. The van der Waals surface area contributed by atoms with Gasteiger partial charge in [-0.1, -0.05) is 0 Å². The van der Waals surface area contributed by atoms with Crippen molar-refractivity contribution in [3.63, 3.8) is 0 Å². The van der Waals surface area contributed by atoms with Crippen LogP contribution in [0.25, 0.3) is 5.88 Å². The summed E-state index contributed by atoms with van der Waals surface area (Å²) in [5, 5.41) is 8.61. The van der Waals surface area contributed by atoms with Gasteiger partial charge >= 0.3 is 0 Å². The van der Waals surface area contributed by atoms with Crippen molar-refractivity contribution in [2.45, 2.75) is 6.92 Å². The number of nitriles is 1. The molecule has 4 nitrogen and oxygen atoms in total. The third-order valence-electron chi connectivity index (χ3n) is 2.06. The summed E-state index contributed by atoms with van der Waals surface area (Å²) in [6.07, 6.45) is 1.62. The molecular formula is C11H8N2O2. The van der Waals surface area contributed by atoms with E-state index in [1.165, 1.54) is 12.1 Å². The summed E-state index contributed by atoms with van der Waals surface area (Å²) >= 11 is 0. The highest BCUT2D eigenvalue weighted by Gasteiger charge is 2.04. The van der Waals surface area contributed by atoms with E-state index in [2.05, 4.69) is 0 Å². The third kappa shape index (κ3) is 1.67. The second-order valence-corrected chi connectivity index (χ2v) is 3.12. The van der Waals surface area contributed by atoms with Crippen LogP contribution in [-0.4, -0.2) is 4.57 Å². The average molecular weight is 200 g/mol. The van der Waals surface area contributed by atoms with Gasteiger partial charge in [0.05, 0.1) is 0 Å². The fourth-order valence-electron chi connectivity index (χ4n) is 1.35. The molecule has 0 fully saturated rings. The standard InChI is InChI=1S/C11H8N2O2/c1-8-6-9(14)4-5-13(8)11-3-2-10(7-12)15-11/h2-6H,1H3. The lowest BCUT2D eigenvalue weighted by Crippen LogP contribution is -2.05. The van der Waals surface area contributed by atoms with E-state index < -0.39 is 0 Å². The first kappa shape index (κ1) is 9.28. The molecule has 0 aliphatic heterocycles. The summed E-state index contributed by atoms with van der Waals surface area (Å²) in [5.41, 5.74) is 0.720. The minimum atomic E-state index is -0.0455. The van der Waals surface area contributed by atoms with E-state index in [9.17, 15) is 4.79 Å². The van der Waals surface area contributed by atoms with Gasteiger partial charge in [0.15, 0.2) is 5.43 Å². The highest BCUT2D eigenvalue weighted by molar-refractivity contribution is 5.29. The van der Waals surface area contributed by atoms with Gasteiger partial charge in [0, 0.05) is 30.1 Å². The highest BCUT2D eigenvalue weighted by atomic mass is 16.4.